The number of aromatic nitrogens is 2. The standard InChI is InChI=1S/C12H20N4O3/c1-8(2)16-6-10(5-14-16)18-7-9-3-4-11(19-9)12(17)15-13/h5-6,8-9,11H,3-4,7,13H2,1-2H3,(H,15,17). The Hall–Kier alpha value is -1.60. The van der Waals surface area contributed by atoms with Gasteiger partial charge in [0.05, 0.1) is 18.5 Å². The summed E-state index contributed by atoms with van der Waals surface area (Å²) in [6.45, 7) is 4.51. The maximum atomic E-state index is 11.3. The molecular formula is C12H20N4O3. The van der Waals surface area contributed by atoms with Crippen LogP contribution in [0.15, 0.2) is 12.4 Å². The van der Waals surface area contributed by atoms with Gasteiger partial charge in [-0.2, -0.15) is 5.10 Å². The molecule has 3 N–H and O–H groups in total. The second-order valence-corrected chi connectivity index (χ2v) is 4.89. The van der Waals surface area contributed by atoms with Gasteiger partial charge in [0.25, 0.3) is 5.91 Å². The minimum atomic E-state index is -0.461. The zero-order valence-electron chi connectivity index (χ0n) is 11.2. The fourth-order valence-corrected chi connectivity index (χ4v) is 1.98. The number of carbonyl (C=O) groups is 1. The van der Waals surface area contributed by atoms with Gasteiger partial charge >= 0.3 is 0 Å². The number of nitrogens with zero attached hydrogens (tertiary/aromatic N) is 2. The number of carbonyl (C=O) groups excluding carboxylic acids is 1. The first-order valence-corrected chi connectivity index (χ1v) is 6.43. The summed E-state index contributed by atoms with van der Waals surface area (Å²) in [6, 6.07) is 0.303. The highest BCUT2D eigenvalue weighted by Gasteiger charge is 2.30. The summed E-state index contributed by atoms with van der Waals surface area (Å²) >= 11 is 0. The lowest BCUT2D eigenvalue weighted by Crippen LogP contribution is -2.39. The van der Waals surface area contributed by atoms with E-state index in [4.69, 9.17) is 15.3 Å². The van der Waals surface area contributed by atoms with Gasteiger partial charge in [0.1, 0.15) is 12.7 Å². The highest BCUT2D eigenvalue weighted by molar-refractivity contribution is 5.80. The molecule has 1 fully saturated rings. The van der Waals surface area contributed by atoms with Crippen molar-refractivity contribution in [3.05, 3.63) is 12.4 Å². The van der Waals surface area contributed by atoms with E-state index < -0.39 is 6.10 Å². The van der Waals surface area contributed by atoms with E-state index >= 15 is 0 Å². The molecule has 2 rings (SSSR count). The summed E-state index contributed by atoms with van der Waals surface area (Å²) in [5, 5.41) is 4.19. The average molecular weight is 268 g/mol. The zero-order chi connectivity index (χ0) is 13.8. The summed E-state index contributed by atoms with van der Waals surface area (Å²) in [7, 11) is 0. The van der Waals surface area contributed by atoms with E-state index in [1.807, 2.05) is 24.7 Å². The van der Waals surface area contributed by atoms with Crippen LogP contribution in [0.5, 0.6) is 5.75 Å². The number of amides is 1. The molecule has 7 heteroatoms. The van der Waals surface area contributed by atoms with E-state index in [1.165, 1.54) is 0 Å². The average Bonchev–Trinajstić information content (AvgIpc) is 3.04. The van der Waals surface area contributed by atoms with Gasteiger partial charge in [-0.1, -0.05) is 0 Å². The summed E-state index contributed by atoms with van der Waals surface area (Å²) in [5.74, 6) is 5.50. The smallest absolute Gasteiger partial charge is 0.263 e. The molecule has 2 atom stereocenters. The first kappa shape index (κ1) is 13.8. The zero-order valence-corrected chi connectivity index (χ0v) is 11.2. The molecule has 0 aromatic carbocycles. The van der Waals surface area contributed by atoms with E-state index in [9.17, 15) is 4.79 Å². The van der Waals surface area contributed by atoms with Crippen LogP contribution in [0.2, 0.25) is 0 Å². The molecule has 19 heavy (non-hydrogen) atoms. The van der Waals surface area contributed by atoms with E-state index in [0.29, 0.717) is 24.8 Å². The van der Waals surface area contributed by atoms with Crippen molar-refractivity contribution in [2.45, 2.75) is 44.9 Å². The molecule has 0 aliphatic carbocycles. The number of nitrogens with one attached hydrogen (secondary N) is 1. The molecular weight excluding hydrogens is 248 g/mol. The van der Waals surface area contributed by atoms with E-state index in [1.54, 1.807) is 6.20 Å². The van der Waals surface area contributed by atoms with Gasteiger partial charge in [0.15, 0.2) is 5.75 Å². The predicted octanol–water partition coefficient (Wildman–Crippen LogP) is 0.380. The number of hydrazine groups is 1. The molecule has 1 aliphatic rings. The van der Waals surface area contributed by atoms with Crippen LogP contribution in [0.1, 0.15) is 32.7 Å². The molecule has 2 unspecified atom stereocenters. The van der Waals surface area contributed by atoms with Crippen LogP contribution >= 0.6 is 0 Å². The third kappa shape index (κ3) is 3.45. The molecule has 0 bridgehead atoms. The summed E-state index contributed by atoms with van der Waals surface area (Å²) < 4.78 is 13.0. The van der Waals surface area contributed by atoms with Crippen molar-refractivity contribution < 1.29 is 14.3 Å². The second kappa shape index (κ2) is 6.03. The van der Waals surface area contributed by atoms with Gasteiger partial charge in [-0.3, -0.25) is 14.9 Å². The summed E-state index contributed by atoms with van der Waals surface area (Å²) in [4.78, 5) is 11.3. The van der Waals surface area contributed by atoms with Gasteiger partial charge in [0.2, 0.25) is 0 Å². The maximum absolute atomic E-state index is 11.3. The Morgan fingerprint density at radius 2 is 2.47 bits per heavy atom. The van der Waals surface area contributed by atoms with Crippen molar-refractivity contribution in [3.63, 3.8) is 0 Å². The molecule has 0 saturated carbocycles. The van der Waals surface area contributed by atoms with Gasteiger partial charge in [-0.25, -0.2) is 5.84 Å². The van der Waals surface area contributed by atoms with E-state index in [-0.39, 0.29) is 12.0 Å². The van der Waals surface area contributed by atoms with Gasteiger partial charge < -0.3 is 9.47 Å². The van der Waals surface area contributed by atoms with Crippen molar-refractivity contribution in [3.8, 4) is 5.75 Å². The molecule has 1 saturated heterocycles. The van der Waals surface area contributed by atoms with Crippen molar-refractivity contribution in [1.82, 2.24) is 15.2 Å². The number of rotatable bonds is 5. The molecule has 1 aliphatic heterocycles. The first-order chi connectivity index (χ1) is 9.10. The van der Waals surface area contributed by atoms with Crippen LogP contribution < -0.4 is 16.0 Å². The lowest BCUT2D eigenvalue weighted by atomic mass is 10.2. The Bertz CT molecular complexity index is 432. The second-order valence-electron chi connectivity index (χ2n) is 4.89. The number of hydrogen-bond donors (Lipinski definition) is 2. The fraction of sp³-hybridized carbons (Fsp3) is 0.667. The van der Waals surface area contributed by atoms with Crippen molar-refractivity contribution in [2.75, 3.05) is 6.61 Å². The molecule has 2 heterocycles. The first-order valence-electron chi connectivity index (χ1n) is 6.43. The lowest BCUT2D eigenvalue weighted by Gasteiger charge is -2.12. The quantitative estimate of drug-likeness (QED) is 0.457. The molecule has 7 nitrogen and oxygen atoms in total. The number of ether oxygens (including phenoxy) is 2. The minimum absolute atomic E-state index is 0.0790. The predicted molar refractivity (Wildman–Crippen MR) is 68.3 cm³/mol. The third-order valence-electron chi connectivity index (χ3n) is 3.09. The Labute approximate surface area is 112 Å². The topological polar surface area (TPSA) is 91.4 Å². The van der Waals surface area contributed by atoms with Crippen LogP contribution in [-0.2, 0) is 9.53 Å². The molecule has 0 radical (unpaired) electrons. The monoisotopic (exact) mass is 268 g/mol. The Balaban J connectivity index is 1.78. The third-order valence-corrected chi connectivity index (χ3v) is 3.09. The van der Waals surface area contributed by atoms with Gasteiger partial charge in [-0.15, -0.1) is 0 Å². The summed E-state index contributed by atoms with van der Waals surface area (Å²) in [6.07, 6.45) is 4.45. The van der Waals surface area contributed by atoms with Crippen LogP contribution in [0, 0.1) is 0 Å². The highest BCUT2D eigenvalue weighted by Crippen LogP contribution is 2.21. The van der Waals surface area contributed by atoms with E-state index in [0.717, 1.165) is 6.42 Å². The Kier molecular flexibility index (Phi) is 4.39. The fourth-order valence-electron chi connectivity index (χ4n) is 1.98. The molecule has 1 aromatic heterocycles. The van der Waals surface area contributed by atoms with Crippen LogP contribution in [0.3, 0.4) is 0 Å². The van der Waals surface area contributed by atoms with Crippen molar-refractivity contribution in [1.29, 1.82) is 0 Å². The van der Waals surface area contributed by atoms with Gasteiger partial charge in [-0.05, 0) is 26.7 Å². The summed E-state index contributed by atoms with van der Waals surface area (Å²) in [5.41, 5.74) is 2.10. The van der Waals surface area contributed by atoms with Crippen LogP contribution in [0.25, 0.3) is 0 Å². The minimum Gasteiger partial charge on any atom is -0.488 e. The SMILES string of the molecule is CC(C)n1cc(OCC2CCC(C(=O)NN)O2)cn1. The largest absolute Gasteiger partial charge is 0.488 e. The highest BCUT2D eigenvalue weighted by atomic mass is 16.5. The van der Waals surface area contributed by atoms with Crippen molar-refractivity contribution >= 4 is 5.91 Å². The molecule has 106 valence electrons. The van der Waals surface area contributed by atoms with E-state index in [2.05, 4.69) is 10.5 Å². The molecule has 1 amide bonds. The van der Waals surface area contributed by atoms with Crippen LogP contribution in [0.4, 0.5) is 0 Å². The lowest BCUT2D eigenvalue weighted by molar-refractivity contribution is -0.132. The maximum Gasteiger partial charge on any atom is 0.263 e. The van der Waals surface area contributed by atoms with Crippen LogP contribution in [-0.4, -0.2) is 34.5 Å². The Morgan fingerprint density at radius 1 is 1.68 bits per heavy atom. The molecule has 1 aromatic rings. The number of nitrogens with two attached hydrogens (primary N) is 1. The Morgan fingerprint density at radius 3 is 3.11 bits per heavy atom. The van der Waals surface area contributed by atoms with Crippen molar-refractivity contribution in [2.24, 2.45) is 5.84 Å². The molecule has 0 spiro atoms. The number of hydrogen-bond acceptors (Lipinski definition) is 5. The normalized spacial score (nSPS) is 22.7. The van der Waals surface area contributed by atoms with Gasteiger partial charge in [0, 0.05) is 6.04 Å².